The monoisotopic (exact) mass is 178 g/mol. The van der Waals surface area contributed by atoms with E-state index in [0.717, 1.165) is 12.1 Å². The molecule has 0 fully saturated rings. The number of imidazole rings is 1. The molecule has 0 amide bonds. The summed E-state index contributed by atoms with van der Waals surface area (Å²) in [6.07, 6.45) is 4.31. The molecule has 0 saturated heterocycles. The van der Waals surface area contributed by atoms with Gasteiger partial charge < -0.3 is 9.67 Å². The number of aryl methyl sites for hydroxylation is 1. The number of aromatic nitrogens is 2. The summed E-state index contributed by atoms with van der Waals surface area (Å²) in [6.45, 7) is 1.80. The van der Waals surface area contributed by atoms with Gasteiger partial charge in [-0.3, -0.25) is 0 Å². The molecule has 0 aliphatic rings. The quantitative estimate of drug-likeness (QED) is 0.707. The second-order valence-electron chi connectivity index (χ2n) is 2.91. The largest absolute Gasteiger partial charge is 0.387 e. The van der Waals surface area contributed by atoms with Crippen LogP contribution in [0.3, 0.4) is 0 Å². The maximum absolute atomic E-state index is 9.69. The minimum Gasteiger partial charge on any atom is -0.387 e. The van der Waals surface area contributed by atoms with E-state index >= 15 is 0 Å². The zero-order valence-electron chi connectivity index (χ0n) is 7.99. The Kier molecular flexibility index (Phi) is 3.53. The molecule has 70 valence electrons. The first-order valence-corrected chi connectivity index (χ1v) is 4.29. The van der Waals surface area contributed by atoms with Gasteiger partial charge in [-0.05, 0) is 13.3 Å². The molecule has 0 aliphatic carbocycles. The van der Waals surface area contributed by atoms with Gasteiger partial charge in [0, 0.05) is 13.5 Å². The molecule has 1 aromatic heterocycles. The standard InChI is InChI=1S/C10H14N2O/c1-3-4-5-6-10(13)9-7-11-8-12(9)2/h7-8,10,13H,5-6H2,1-2H3. The molecular formula is C10H14N2O. The molecule has 0 aliphatic heterocycles. The molecule has 1 rings (SSSR count). The molecule has 0 aromatic carbocycles. The summed E-state index contributed by atoms with van der Waals surface area (Å²) in [6, 6.07) is 0. The van der Waals surface area contributed by atoms with Crippen molar-refractivity contribution in [2.45, 2.75) is 25.9 Å². The zero-order valence-corrected chi connectivity index (χ0v) is 7.99. The number of rotatable bonds is 3. The Labute approximate surface area is 78.4 Å². The second kappa shape index (κ2) is 4.68. The van der Waals surface area contributed by atoms with Crippen LogP contribution in [0.1, 0.15) is 31.6 Å². The van der Waals surface area contributed by atoms with Gasteiger partial charge in [0.1, 0.15) is 0 Å². The van der Waals surface area contributed by atoms with Crippen molar-refractivity contribution in [2.75, 3.05) is 0 Å². The lowest BCUT2D eigenvalue weighted by Gasteiger charge is -2.08. The number of hydrogen-bond acceptors (Lipinski definition) is 2. The lowest BCUT2D eigenvalue weighted by Crippen LogP contribution is -2.02. The fraction of sp³-hybridized carbons (Fsp3) is 0.500. The molecule has 1 aromatic rings. The lowest BCUT2D eigenvalue weighted by atomic mass is 10.1. The van der Waals surface area contributed by atoms with Crippen molar-refractivity contribution in [3.8, 4) is 11.8 Å². The van der Waals surface area contributed by atoms with Crippen LogP contribution >= 0.6 is 0 Å². The predicted octanol–water partition coefficient (Wildman–Crippen LogP) is 1.26. The van der Waals surface area contributed by atoms with Gasteiger partial charge in [0.05, 0.1) is 24.3 Å². The van der Waals surface area contributed by atoms with Gasteiger partial charge in [0.25, 0.3) is 0 Å². The second-order valence-corrected chi connectivity index (χ2v) is 2.91. The molecule has 1 N–H and O–H groups in total. The SMILES string of the molecule is CC#CCCC(O)c1cncn1C. The summed E-state index contributed by atoms with van der Waals surface area (Å²) in [4.78, 5) is 3.94. The first-order valence-electron chi connectivity index (χ1n) is 4.29. The van der Waals surface area contributed by atoms with Crippen molar-refractivity contribution in [1.29, 1.82) is 0 Å². The molecule has 0 spiro atoms. The van der Waals surface area contributed by atoms with Gasteiger partial charge in [0.2, 0.25) is 0 Å². The van der Waals surface area contributed by atoms with Crippen LogP contribution in [0.2, 0.25) is 0 Å². The highest BCUT2D eigenvalue weighted by Gasteiger charge is 2.09. The Hall–Kier alpha value is -1.27. The van der Waals surface area contributed by atoms with Crippen LogP contribution in [0.15, 0.2) is 12.5 Å². The molecule has 0 bridgehead atoms. The highest BCUT2D eigenvalue weighted by Crippen LogP contribution is 2.16. The van der Waals surface area contributed by atoms with Crippen LogP contribution in [-0.2, 0) is 7.05 Å². The smallest absolute Gasteiger partial charge is 0.0964 e. The van der Waals surface area contributed by atoms with Gasteiger partial charge in [-0.1, -0.05) is 0 Å². The maximum Gasteiger partial charge on any atom is 0.0964 e. The molecule has 0 radical (unpaired) electrons. The average Bonchev–Trinajstić information content (AvgIpc) is 2.52. The maximum atomic E-state index is 9.69. The van der Waals surface area contributed by atoms with Crippen LogP contribution in [0.4, 0.5) is 0 Å². The number of nitrogens with zero attached hydrogens (tertiary/aromatic N) is 2. The summed E-state index contributed by atoms with van der Waals surface area (Å²) in [5, 5.41) is 9.69. The van der Waals surface area contributed by atoms with Crippen molar-refractivity contribution >= 4 is 0 Å². The van der Waals surface area contributed by atoms with Crippen LogP contribution < -0.4 is 0 Å². The van der Waals surface area contributed by atoms with E-state index in [-0.39, 0.29) is 0 Å². The summed E-state index contributed by atoms with van der Waals surface area (Å²) in [5.41, 5.74) is 0.845. The van der Waals surface area contributed by atoms with E-state index in [9.17, 15) is 5.11 Å². The zero-order chi connectivity index (χ0) is 9.68. The van der Waals surface area contributed by atoms with Crippen molar-refractivity contribution in [3.05, 3.63) is 18.2 Å². The van der Waals surface area contributed by atoms with Crippen LogP contribution in [0.25, 0.3) is 0 Å². The highest BCUT2D eigenvalue weighted by atomic mass is 16.3. The number of aliphatic hydroxyl groups excluding tert-OH is 1. The Morgan fingerprint density at radius 1 is 1.69 bits per heavy atom. The van der Waals surface area contributed by atoms with Gasteiger partial charge in [-0.15, -0.1) is 11.8 Å². The van der Waals surface area contributed by atoms with Gasteiger partial charge in [-0.2, -0.15) is 0 Å². The fourth-order valence-corrected chi connectivity index (χ4v) is 1.17. The first kappa shape index (κ1) is 9.82. The van der Waals surface area contributed by atoms with E-state index in [1.807, 2.05) is 11.6 Å². The molecule has 3 nitrogen and oxygen atoms in total. The molecule has 1 heterocycles. The summed E-state index contributed by atoms with van der Waals surface area (Å²) in [5.74, 6) is 5.72. The summed E-state index contributed by atoms with van der Waals surface area (Å²) >= 11 is 0. The Morgan fingerprint density at radius 2 is 2.46 bits per heavy atom. The van der Waals surface area contributed by atoms with Gasteiger partial charge in [0.15, 0.2) is 0 Å². The molecule has 1 unspecified atom stereocenters. The van der Waals surface area contributed by atoms with Crippen molar-refractivity contribution in [3.63, 3.8) is 0 Å². The van der Waals surface area contributed by atoms with Crippen molar-refractivity contribution in [2.24, 2.45) is 7.05 Å². The van der Waals surface area contributed by atoms with Gasteiger partial charge >= 0.3 is 0 Å². The third-order valence-corrected chi connectivity index (χ3v) is 1.91. The van der Waals surface area contributed by atoms with Crippen LogP contribution in [-0.4, -0.2) is 14.7 Å². The molecule has 0 saturated carbocycles. The topological polar surface area (TPSA) is 38.1 Å². The van der Waals surface area contributed by atoms with Crippen molar-refractivity contribution < 1.29 is 5.11 Å². The van der Waals surface area contributed by atoms with E-state index in [2.05, 4.69) is 16.8 Å². The third-order valence-electron chi connectivity index (χ3n) is 1.91. The molecular weight excluding hydrogens is 164 g/mol. The Balaban J connectivity index is 2.52. The van der Waals surface area contributed by atoms with E-state index in [0.29, 0.717) is 6.42 Å². The number of hydrogen-bond donors (Lipinski definition) is 1. The lowest BCUT2D eigenvalue weighted by molar-refractivity contribution is 0.161. The first-order chi connectivity index (χ1) is 6.25. The Morgan fingerprint density at radius 3 is 3.00 bits per heavy atom. The van der Waals surface area contributed by atoms with E-state index in [4.69, 9.17) is 0 Å². The summed E-state index contributed by atoms with van der Waals surface area (Å²) < 4.78 is 1.82. The fourth-order valence-electron chi connectivity index (χ4n) is 1.17. The molecule has 13 heavy (non-hydrogen) atoms. The minimum atomic E-state index is -0.451. The van der Waals surface area contributed by atoms with Crippen LogP contribution in [0, 0.1) is 11.8 Å². The van der Waals surface area contributed by atoms with Crippen LogP contribution in [0.5, 0.6) is 0 Å². The van der Waals surface area contributed by atoms with E-state index in [1.54, 1.807) is 19.4 Å². The van der Waals surface area contributed by atoms with E-state index < -0.39 is 6.10 Å². The van der Waals surface area contributed by atoms with Gasteiger partial charge in [-0.25, -0.2) is 4.98 Å². The van der Waals surface area contributed by atoms with Crippen molar-refractivity contribution in [1.82, 2.24) is 9.55 Å². The third kappa shape index (κ3) is 2.60. The number of aliphatic hydroxyl groups is 1. The minimum absolute atomic E-state index is 0.451. The highest BCUT2D eigenvalue weighted by molar-refractivity contribution is 5.03. The average molecular weight is 178 g/mol. The molecule has 3 heteroatoms. The summed E-state index contributed by atoms with van der Waals surface area (Å²) in [7, 11) is 1.87. The normalized spacial score (nSPS) is 11.9. The van der Waals surface area contributed by atoms with E-state index in [1.165, 1.54) is 0 Å². The predicted molar refractivity (Wildman–Crippen MR) is 50.9 cm³/mol. The molecule has 1 atom stereocenters. The Bertz CT molecular complexity index is 319.